The van der Waals surface area contributed by atoms with Crippen LogP contribution in [-0.4, -0.2) is 15.5 Å². The van der Waals surface area contributed by atoms with Crippen LogP contribution in [0.25, 0.3) is 0 Å². The fourth-order valence-electron chi connectivity index (χ4n) is 2.99. The van der Waals surface area contributed by atoms with Gasteiger partial charge in [-0.25, -0.2) is 13.1 Å². The number of hydrogen-bond acceptors (Lipinski definition) is 3. The summed E-state index contributed by atoms with van der Waals surface area (Å²) >= 11 is 3.32. The SMILES string of the molecule is COc1ccc(Br)cc1S(=O)(=O)N[C@H]1CCCc2ccccc21. The minimum absolute atomic E-state index is 0.150. The van der Waals surface area contributed by atoms with E-state index in [1.54, 1.807) is 18.2 Å². The van der Waals surface area contributed by atoms with Crippen LogP contribution in [-0.2, 0) is 16.4 Å². The highest BCUT2D eigenvalue weighted by Crippen LogP contribution is 2.33. The van der Waals surface area contributed by atoms with E-state index in [0.717, 1.165) is 24.8 Å². The molecule has 0 amide bonds. The first-order chi connectivity index (χ1) is 11.0. The highest BCUT2D eigenvalue weighted by Gasteiger charge is 2.27. The van der Waals surface area contributed by atoms with E-state index in [4.69, 9.17) is 4.74 Å². The molecule has 0 saturated heterocycles. The van der Waals surface area contributed by atoms with Crippen LogP contribution in [0.3, 0.4) is 0 Å². The van der Waals surface area contributed by atoms with Gasteiger partial charge in [0.1, 0.15) is 10.6 Å². The van der Waals surface area contributed by atoms with E-state index in [-0.39, 0.29) is 10.9 Å². The number of halogens is 1. The summed E-state index contributed by atoms with van der Waals surface area (Å²) in [7, 11) is -2.20. The topological polar surface area (TPSA) is 55.4 Å². The van der Waals surface area contributed by atoms with Gasteiger partial charge >= 0.3 is 0 Å². The number of methoxy groups -OCH3 is 1. The Labute approximate surface area is 145 Å². The van der Waals surface area contributed by atoms with Gasteiger partial charge in [-0.15, -0.1) is 0 Å². The van der Waals surface area contributed by atoms with Gasteiger partial charge in [-0.3, -0.25) is 0 Å². The molecule has 122 valence electrons. The molecule has 2 aromatic carbocycles. The molecule has 1 N–H and O–H groups in total. The summed E-state index contributed by atoms with van der Waals surface area (Å²) in [5, 5.41) is 0. The Morgan fingerprint density at radius 1 is 1.22 bits per heavy atom. The molecule has 2 aromatic rings. The van der Waals surface area contributed by atoms with Gasteiger partial charge in [-0.2, -0.15) is 0 Å². The molecule has 3 rings (SSSR count). The molecule has 0 bridgehead atoms. The van der Waals surface area contributed by atoms with Crippen molar-refractivity contribution in [1.82, 2.24) is 4.72 Å². The summed E-state index contributed by atoms with van der Waals surface area (Å²) in [4.78, 5) is 0.150. The molecule has 0 aromatic heterocycles. The fourth-order valence-corrected chi connectivity index (χ4v) is 4.94. The molecule has 0 aliphatic heterocycles. The summed E-state index contributed by atoms with van der Waals surface area (Å²) in [6.07, 6.45) is 2.76. The normalized spacial score (nSPS) is 17.6. The molecule has 1 aliphatic rings. The molecule has 6 heteroatoms. The predicted molar refractivity (Wildman–Crippen MR) is 93.1 cm³/mol. The minimum atomic E-state index is -3.67. The largest absolute Gasteiger partial charge is 0.495 e. The predicted octanol–water partition coefficient (Wildman–Crippen LogP) is 3.81. The van der Waals surface area contributed by atoms with Gasteiger partial charge in [-0.1, -0.05) is 40.2 Å². The summed E-state index contributed by atoms with van der Waals surface area (Å²) in [6, 6.07) is 12.8. The fraction of sp³-hybridized carbons (Fsp3) is 0.294. The Morgan fingerprint density at radius 2 is 2.00 bits per heavy atom. The Morgan fingerprint density at radius 3 is 2.78 bits per heavy atom. The highest BCUT2D eigenvalue weighted by molar-refractivity contribution is 9.10. The second-order valence-corrected chi connectivity index (χ2v) is 8.16. The van der Waals surface area contributed by atoms with Crippen molar-refractivity contribution in [3.8, 4) is 5.75 Å². The van der Waals surface area contributed by atoms with E-state index in [1.165, 1.54) is 12.7 Å². The van der Waals surface area contributed by atoms with Crippen LogP contribution < -0.4 is 9.46 Å². The number of hydrogen-bond donors (Lipinski definition) is 1. The summed E-state index contributed by atoms with van der Waals surface area (Å²) < 4.78 is 34.4. The maximum Gasteiger partial charge on any atom is 0.244 e. The molecular weight excluding hydrogens is 378 g/mol. The number of sulfonamides is 1. The first kappa shape index (κ1) is 16.5. The number of ether oxygens (including phenoxy) is 1. The third kappa shape index (κ3) is 3.44. The smallest absolute Gasteiger partial charge is 0.244 e. The zero-order chi connectivity index (χ0) is 16.4. The molecule has 0 fully saturated rings. The van der Waals surface area contributed by atoms with Crippen LogP contribution in [0.1, 0.15) is 30.0 Å². The van der Waals surface area contributed by atoms with Crippen molar-refractivity contribution in [2.45, 2.75) is 30.2 Å². The van der Waals surface area contributed by atoms with Crippen molar-refractivity contribution in [3.05, 3.63) is 58.1 Å². The molecule has 4 nitrogen and oxygen atoms in total. The van der Waals surface area contributed by atoms with E-state index >= 15 is 0 Å². The lowest BCUT2D eigenvalue weighted by molar-refractivity contribution is 0.401. The minimum Gasteiger partial charge on any atom is -0.495 e. The highest BCUT2D eigenvalue weighted by atomic mass is 79.9. The Hall–Kier alpha value is -1.37. The van der Waals surface area contributed by atoms with Crippen molar-refractivity contribution in [2.24, 2.45) is 0 Å². The van der Waals surface area contributed by atoms with Crippen LogP contribution in [0.4, 0.5) is 0 Å². The lowest BCUT2D eigenvalue weighted by atomic mass is 9.88. The average molecular weight is 396 g/mol. The van der Waals surface area contributed by atoms with E-state index in [1.807, 2.05) is 18.2 Å². The first-order valence-corrected chi connectivity index (χ1v) is 9.72. The van der Waals surface area contributed by atoms with Gasteiger partial charge in [0, 0.05) is 10.5 Å². The molecular formula is C17H18BrNO3S. The van der Waals surface area contributed by atoms with Crippen molar-refractivity contribution in [1.29, 1.82) is 0 Å². The standard InChI is InChI=1S/C17H18BrNO3S/c1-22-16-10-9-13(18)11-17(16)23(20,21)19-15-8-4-6-12-5-2-3-7-14(12)15/h2-3,5,7,9-11,15,19H,4,6,8H2,1H3/t15-/m0/s1. The molecule has 0 heterocycles. The molecule has 0 radical (unpaired) electrons. The van der Waals surface area contributed by atoms with Crippen molar-refractivity contribution >= 4 is 26.0 Å². The summed E-state index contributed by atoms with van der Waals surface area (Å²) in [5.41, 5.74) is 2.28. The average Bonchev–Trinajstić information content (AvgIpc) is 2.55. The van der Waals surface area contributed by atoms with Crippen LogP contribution >= 0.6 is 15.9 Å². The van der Waals surface area contributed by atoms with Crippen LogP contribution in [0.5, 0.6) is 5.75 Å². The molecule has 1 atom stereocenters. The monoisotopic (exact) mass is 395 g/mol. The molecule has 23 heavy (non-hydrogen) atoms. The molecule has 0 spiro atoms. The van der Waals surface area contributed by atoms with Crippen molar-refractivity contribution < 1.29 is 13.2 Å². The summed E-state index contributed by atoms with van der Waals surface area (Å²) in [6.45, 7) is 0. The number of fused-ring (bicyclic) bond motifs is 1. The van der Waals surface area contributed by atoms with Crippen LogP contribution in [0, 0.1) is 0 Å². The number of nitrogens with one attached hydrogen (secondary N) is 1. The quantitative estimate of drug-likeness (QED) is 0.855. The second kappa shape index (κ2) is 6.63. The van der Waals surface area contributed by atoms with Gasteiger partial charge in [0.05, 0.1) is 7.11 Å². The maximum atomic E-state index is 12.8. The lowest BCUT2D eigenvalue weighted by Gasteiger charge is -2.26. The Kier molecular flexibility index (Phi) is 4.75. The van der Waals surface area contributed by atoms with Crippen molar-refractivity contribution in [3.63, 3.8) is 0 Å². The van der Waals surface area contributed by atoms with E-state index in [9.17, 15) is 8.42 Å². The van der Waals surface area contributed by atoms with Gasteiger partial charge < -0.3 is 4.74 Å². The summed E-state index contributed by atoms with van der Waals surface area (Å²) in [5.74, 6) is 0.338. The first-order valence-electron chi connectivity index (χ1n) is 7.45. The Balaban J connectivity index is 1.96. The zero-order valence-corrected chi connectivity index (χ0v) is 15.2. The van der Waals surface area contributed by atoms with E-state index < -0.39 is 10.0 Å². The van der Waals surface area contributed by atoms with Crippen LogP contribution in [0.2, 0.25) is 0 Å². The van der Waals surface area contributed by atoms with Crippen LogP contribution in [0.15, 0.2) is 51.8 Å². The zero-order valence-electron chi connectivity index (χ0n) is 12.8. The van der Waals surface area contributed by atoms with Gasteiger partial charge in [0.2, 0.25) is 10.0 Å². The number of aryl methyl sites for hydroxylation is 1. The lowest BCUT2D eigenvalue weighted by Crippen LogP contribution is -2.31. The number of benzene rings is 2. The van der Waals surface area contributed by atoms with Crippen molar-refractivity contribution in [2.75, 3.05) is 7.11 Å². The third-order valence-corrected chi connectivity index (χ3v) is 6.07. The maximum absolute atomic E-state index is 12.8. The second-order valence-electron chi connectivity index (χ2n) is 5.56. The van der Waals surface area contributed by atoms with E-state index in [0.29, 0.717) is 10.2 Å². The molecule has 0 unspecified atom stereocenters. The third-order valence-electron chi connectivity index (χ3n) is 4.08. The van der Waals surface area contributed by atoms with E-state index in [2.05, 4.69) is 26.7 Å². The van der Waals surface area contributed by atoms with Gasteiger partial charge in [0.15, 0.2) is 0 Å². The number of rotatable bonds is 4. The molecule has 1 aliphatic carbocycles. The Bertz CT molecular complexity index is 820. The van der Waals surface area contributed by atoms with Gasteiger partial charge in [0.25, 0.3) is 0 Å². The molecule has 0 saturated carbocycles. The van der Waals surface area contributed by atoms with Gasteiger partial charge in [-0.05, 0) is 48.6 Å².